The first kappa shape index (κ1) is 12.5. The van der Waals surface area contributed by atoms with Crippen LogP contribution in [0.3, 0.4) is 0 Å². The van der Waals surface area contributed by atoms with E-state index in [1.165, 1.54) is 0 Å². The zero-order valence-corrected chi connectivity index (χ0v) is 10.4. The van der Waals surface area contributed by atoms with Gasteiger partial charge in [0.2, 0.25) is 5.91 Å². The van der Waals surface area contributed by atoms with E-state index in [1.54, 1.807) is 0 Å². The van der Waals surface area contributed by atoms with Gasteiger partial charge in [0.25, 0.3) is 0 Å². The average Bonchev–Trinajstić information content (AvgIpc) is 2.28. The van der Waals surface area contributed by atoms with E-state index in [4.69, 9.17) is 0 Å². The topological polar surface area (TPSA) is 41.1 Å². The van der Waals surface area contributed by atoms with Crippen molar-refractivity contribution in [3.63, 3.8) is 0 Å². The fourth-order valence-electron chi connectivity index (χ4n) is 1.72. The number of nitrogens with one attached hydrogen (secondary N) is 2. The molecule has 0 aliphatic carbocycles. The normalized spacial score (nSPS) is 25.6. The lowest BCUT2D eigenvalue weighted by Gasteiger charge is -2.31. The Morgan fingerprint density at radius 3 is 2.73 bits per heavy atom. The molecule has 1 fully saturated rings. The second-order valence-corrected chi connectivity index (χ2v) is 5.65. The lowest BCUT2D eigenvalue weighted by molar-refractivity contribution is -0.121. The molecule has 2 N–H and O–H groups in total. The standard InChI is InChI=1S/C12H24N2O/c1-9(12(2,3)4)14-10-6-5-7-13-11(15)8-10/h9-10,14H,5-8H2,1-4H3,(H,13,15). The van der Waals surface area contributed by atoms with Gasteiger partial charge in [-0.25, -0.2) is 0 Å². The van der Waals surface area contributed by atoms with Crippen molar-refractivity contribution >= 4 is 5.91 Å². The van der Waals surface area contributed by atoms with Crippen LogP contribution in [-0.2, 0) is 4.79 Å². The van der Waals surface area contributed by atoms with E-state index in [0.717, 1.165) is 19.4 Å². The summed E-state index contributed by atoms with van der Waals surface area (Å²) in [6.07, 6.45) is 2.81. The molecule has 0 aromatic heterocycles. The molecule has 0 spiro atoms. The Labute approximate surface area is 93.0 Å². The van der Waals surface area contributed by atoms with Gasteiger partial charge in [-0.3, -0.25) is 4.79 Å². The van der Waals surface area contributed by atoms with Gasteiger partial charge in [0.1, 0.15) is 0 Å². The van der Waals surface area contributed by atoms with Crippen molar-refractivity contribution in [3.8, 4) is 0 Å². The number of hydrogen-bond acceptors (Lipinski definition) is 2. The fourth-order valence-corrected chi connectivity index (χ4v) is 1.72. The van der Waals surface area contributed by atoms with Gasteiger partial charge in [0, 0.05) is 25.0 Å². The maximum atomic E-state index is 11.4. The number of hydrogen-bond donors (Lipinski definition) is 2. The lowest BCUT2D eigenvalue weighted by atomic mass is 9.87. The van der Waals surface area contributed by atoms with Gasteiger partial charge in [0.15, 0.2) is 0 Å². The highest BCUT2D eigenvalue weighted by Crippen LogP contribution is 2.20. The van der Waals surface area contributed by atoms with Gasteiger partial charge < -0.3 is 10.6 Å². The third-order valence-corrected chi connectivity index (χ3v) is 3.27. The molecule has 0 bridgehead atoms. The van der Waals surface area contributed by atoms with Crippen LogP contribution in [0.15, 0.2) is 0 Å². The first-order chi connectivity index (χ1) is 6.89. The Hall–Kier alpha value is -0.570. The molecule has 1 rings (SSSR count). The highest BCUT2D eigenvalue weighted by Gasteiger charge is 2.24. The van der Waals surface area contributed by atoms with E-state index in [0.29, 0.717) is 18.5 Å². The van der Waals surface area contributed by atoms with E-state index in [1.807, 2.05) is 0 Å². The molecule has 1 amide bonds. The number of rotatable bonds is 2. The predicted octanol–water partition coefficient (Wildman–Crippen LogP) is 1.68. The monoisotopic (exact) mass is 212 g/mol. The second-order valence-electron chi connectivity index (χ2n) is 5.65. The molecule has 0 aromatic rings. The Bertz CT molecular complexity index is 220. The Morgan fingerprint density at radius 1 is 1.47 bits per heavy atom. The zero-order valence-electron chi connectivity index (χ0n) is 10.4. The summed E-state index contributed by atoms with van der Waals surface area (Å²) in [5, 5.41) is 6.48. The minimum atomic E-state index is 0.186. The van der Waals surface area contributed by atoms with Crippen LogP contribution in [0.25, 0.3) is 0 Å². The maximum absolute atomic E-state index is 11.4. The maximum Gasteiger partial charge on any atom is 0.221 e. The highest BCUT2D eigenvalue weighted by molar-refractivity contribution is 5.76. The molecule has 1 heterocycles. The van der Waals surface area contributed by atoms with Crippen molar-refractivity contribution < 1.29 is 4.79 Å². The third-order valence-electron chi connectivity index (χ3n) is 3.27. The van der Waals surface area contributed by atoms with Crippen LogP contribution in [0.1, 0.15) is 47.0 Å². The van der Waals surface area contributed by atoms with Crippen molar-refractivity contribution in [3.05, 3.63) is 0 Å². The minimum absolute atomic E-state index is 0.186. The van der Waals surface area contributed by atoms with Gasteiger partial charge in [-0.05, 0) is 25.2 Å². The summed E-state index contributed by atoms with van der Waals surface area (Å²) in [7, 11) is 0. The van der Waals surface area contributed by atoms with Gasteiger partial charge in [0.05, 0.1) is 0 Å². The first-order valence-electron chi connectivity index (χ1n) is 5.92. The number of carbonyl (C=O) groups is 1. The second kappa shape index (κ2) is 4.97. The predicted molar refractivity (Wildman–Crippen MR) is 62.7 cm³/mol. The molecular weight excluding hydrogens is 188 g/mol. The molecule has 3 nitrogen and oxygen atoms in total. The molecule has 3 heteroatoms. The van der Waals surface area contributed by atoms with Crippen molar-refractivity contribution in [2.75, 3.05) is 6.54 Å². The van der Waals surface area contributed by atoms with Crippen LogP contribution < -0.4 is 10.6 Å². The van der Waals surface area contributed by atoms with E-state index >= 15 is 0 Å². The van der Waals surface area contributed by atoms with Crippen LogP contribution in [0.2, 0.25) is 0 Å². The highest BCUT2D eigenvalue weighted by atomic mass is 16.1. The summed E-state index contributed by atoms with van der Waals surface area (Å²) in [5.74, 6) is 0.186. The van der Waals surface area contributed by atoms with Gasteiger partial charge in [-0.1, -0.05) is 20.8 Å². The van der Waals surface area contributed by atoms with Crippen molar-refractivity contribution in [2.45, 2.75) is 59.0 Å². The summed E-state index contributed by atoms with van der Waals surface area (Å²) < 4.78 is 0. The molecule has 1 saturated heterocycles. The van der Waals surface area contributed by atoms with E-state index < -0.39 is 0 Å². The van der Waals surface area contributed by atoms with Crippen molar-refractivity contribution in [1.29, 1.82) is 0 Å². The van der Waals surface area contributed by atoms with Crippen LogP contribution >= 0.6 is 0 Å². The van der Waals surface area contributed by atoms with Crippen LogP contribution in [0.5, 0.6) is 0 Å². The lowest BCUT2D eigenvalue weighted by Crippen LogP contribution is -2.44. The van der Waals surface area contributed by atoms with Crippen molar-refractivity contribution in [2.24, 2.45) is 5.41 Å². The molecule has 2 atom stereocenters. The van der Waals surface area contributed by atoms with Gasteiger partial charge >= 0.3 is 0 Å². The summed E-state index contributed by atoms with van der Waals surface area (Å²) in [6.45, 7) is 9.70. The Kier molecular flexibility index (Phi) is 4.14. The smallest absolute Gasteiger partial charge is 0.221 e. The minimum Gasteiger partial charge on any atom is -0.356 e. The van der Waals surface area contributed by atoms with E-state index in [9.17, 15) is 4.79 Å². The molecule has 1 aliphatic rings. The molecular formula is C12H24N2O. The quantitative estimate of drug-likeness (QED) is 0.731. The van der Waals surface area contributed by atoms with Crippen molar-refractivity contribution in [1.82, 2.24) is 10.6 Å². The van der Waals surface area contributed by atoms with Crippen LogP contribution in [0.4, 0.5) is 0 Å². The summed E-state index contributed by atoms with van der Waals surface area (Å²) >= 11 is 0. The van der Waals surface area contributed by atoms with E-state index in [-0.39, 0.29) is 11.3 Å². The fraction of sp³-hybridized carbons (Fsp3) is 0.917. The van der Waals surface area contributed by atoms with Gasteiger partial charge in [-0.2, -0.15) is 0 Å². The molecule has 1 aliphatic heterocycles. The van der Waals surface area contributed by atoms with Crippen LogP contribution in [0, 0.1) is 5.41 Å². The van der Waals surface area contributed by atoms with Gasteiger partial charge in [-0.15, -0.1) is 0 Å². The van der Waals surface area contributed by atoms with Crippen LogP contribution in [-0.4, -0.2) is 24.5 Å². The SMILES string of the molecule is CC(NC1CCCNC(=O)C1)C(C)(C)C. The number of carbonyl (C=O) groups excluding carboxylic acids is 1. The molecule has 0 saturated carbocycles. The summed E-state index contributed by atoms with van der Waals surface area (Å²) in [5.41, 5.74) is 0.253. The molecule has 0 radical (unpaired) electrons. The number of amides is 1. The average molecular weight is 212 g/mol. The summed E-state index contributed by atoms with van der Waals surface area (Å²) in [6, 6.07) is 0.787. The Morgan fingerprint density at radius 2 is 2.13 bits per heavy atom. The molecule has 2 unspecified atom stereocenters. The molecule has 0 aromatic carbocycles. The molecule has 88 valence electrons. The largest absolute Gasteiger partial charge is 0.356 e. The van der Waals surface area contributed by atoms with E-state index in [2.05, 4.69) is 38.3 Å². The molecule has 15 heavy (non-hydrogen) atoms. The zero-order chi connectivity index (χ0) is 11.5. The summed E-state index contributed by atoms with van der Waals surface area (Å²) in [4.78, 5) is 11.4. The Balaban J connectivity index is 2.46. The first-order valence-corrected chi connectivity index (χ1v) is 5.92. The third kappa shape index (κ3) is 4.20.